The van der Waals surface area contributed by atoms with Crippen LogP contribution in [0, 0.1) is 0 Å². The van der Waals surface area contributed by atoms with Crippen LogP contribution >= 0.6 is 11.3 Å². The summed E-state index contributed by atoms with van der Waals surface area (Å²) in [6.45, 7) is 0. The molecular weight excluding hydrogens is 727 g/mol. The fourth-order valence-electron chi connectivity index (χ4n) is 8.71. The molecule has 0 atom stereocenters. The molecule has 0 aliphatic rings. The second kappa shape index (κ2) is 13.1. The average molecular weight is 760 g/mol. The average Bonchev–Trinajstić information content (AvgIpc) is 3.98. The van der Waals surface area contributed by atoms with E-state index in [0.717, 1.165) is 83.2 Å². The van der Waals surface area contributed by atoms with E-state index in [4.69, 9.17) is 8.83 Å². The third kappa shape index (κ3) is 5.27. The molecule has 0 saturated carbocycles. The number of hydrogen-bond acceptors (Lipinski definition) is 4. The maximum Gasteiger partial charge on any atom is 0.143 e. The first-order valence-electron chi connectivity index (χ1n) is 19.6. The summed E-state index contributed by atoms with van der Waals surface area (Å²) in [6.07, 6.45) is 0. The first-order valence-corrected chi connectivity index (χ1v) is 20.4. The van der Waals surface area contributed by atoms with E-state index in [1.54, 1.807) is 0 Å². The van der Waals surface area contributed by atoms with Crippen molar-refractivity contribution in [2.45, 2.75) is 0 Å². The summed E-state index contributed by atoms with van der Waals surface area (Å²) in [7, 11) is 0. The highest BCUT2D eigenvalue weighted by atomic mass is 32.1. The second-order valence-electron chi connectivity index (χ2n) is 14.8. The number of benzene rings is 9. The first-order chi connectivity index (χ1) is 28.7. The van der Waals surface area contributed by atoms with E-state index in [1.807, 2.05) is 35.6 Å². The van der Waals surface area contributed by atoms with Gasteiger partial charge >= 0.3 is 0 Å². The third-order valence-electron chi connectivity index (χ3n) is 11.5. The summed E-state index contributed by atoms with van der Waals surface area (Å²) < 4.78 is 15.2. The number of para-hydroxylation sites is 3. The monoisotopic (exact) mass is 759 g/mol. The molecule has 0 radical (unpaired) electrons. The highest BCUT2D eigenvalue weighted by molar-refractivity contribution is 7.26. The summed E-state index contributed by atoms with van der Waals surface area (Å²) in [5.74, 6) is 0. The molecule has 0 saturated heterocycles. The Kier molecular flexibility index (Phi) is 7.40. The van der Waals surface area contributed by atoms with Gasteiger partial charge in [0.05, 0.1) is 0 Å². The van der Waals surface area contributed by atoms with E-state index in [1.165, 1.54) is 31.3 Å². The molecule has 4 heteroatoms. The van der Waals surface area contributed by atoms with Crippen molar-refractivity contribution >= 4 is 92.4 Å². The molecule has 12 rings (SSSR count). The maximum atomic E-state index is 6.43. The van der Waals surface area contributed by atoms with Crippen LogP contribution < -0.4 is 4.90 Å². The molecular formula is C54H33NO2S. The van der Waals surface area contributed by atoms with E-state index in [-0.39, 0.29) is 0 Å². The zero-order chi connectivity index (χ0) is 38.2. The highest BCUT2D eigenvalue weighted by Crippen LogP contribution is 2.43. The number of furan rings is 2. The second-order valence-corrected chi connectivity index (χ2v) is 15.9. The van der Waals surface area contributed by atoms with Gasteiger partial charge in [-0.05, 0) is 94.5 Å². The van der Waals surface area contributed by atoms with Gasteiger partial charge in [0.1, 0.15) is 22.3 Å². The van der Waals surface area contributed by atoms with Gasteiger partial charge in [-0.3, -0.25) is 0 Å². The Hall–Kier alpha value is -7.40. The smallest absolute Gasteiger partial charge is 0.143 e. The van der Waals surface area contributed by atoms with Gasteiger partial charge in [-0.2, -0.15) is 0 Å². The van der Waals surface area contributed by atoms with Gasteiger partial charge in [-0.15, -0.1) is 11.3 Å². The molecule has 0 aliphatic heterocycles. The SMILES string of the molecule is c1cc(-c2ccc3oc4ccccc4c3c2)cc(N(c2ccc(-c3cccc4c3oc3ccccc34)cc2)c2ccc(-c3cccc4c3sc3ccccc34)cc2)c1. The van der Waals surface area contributed by atoms with Gasteiger partial charge in [0.2, 0.25) is 0 Å². The van der Waals surface area contributed by atoms with Crippen molar-refractivity contribution in [2.75, 3.05) is 4.90 Å². The molecule has 3 nitrogen and oxygen atoms in total. The minimum absolute atomic E-state index is 0.896. The van der Waals surface area contributed by atoms with Crippen molar-refractivity contribution in [1.82, 2.24) is 0 Å². The Labute approximate surface area is 338 Å². The van der Waals surface area contributed by atoms with E-state index in [2.05, 4.69) is 181 Å². The van der Waals surface area contributed by atoms with Crippen LogP contribution in [0.1, 0.15) is 0 Å². The predicted octanol–water partition coefficient (Wildman–Crippen LogP) is 16.3. The van der Waals surface area contributed by atoms with Crippen LogP contribution in [-0.4, -0.2) is 0 Å². The Morgan fingerprint density at radius 2 is 0.879 bits per heavy atom. The summed E-state index contributed by atoms with van der Waals surface area (Å²) in [5.41, 5.74) is 13.7. The van der Waals surface area contributed by atoms with Crippen molar-refractivity contribution in [3.8, 4) is 33.4 Å². The van der Waals surface area contributed by atoms with Crippen molar-refractivity contribution < 1.29 is 8.83 Å². The minimum Gasteiger partial charge on any atom is -0.456 e. The summed E-state index contributed by atoms with van der Waals surface area (Å²) in [5, 5.41) is 7.13. The van der Waals surface area contributed by atoms with Crippen molar-refractivity contribution in [3.63, 3.8) is 0 Å². The van der Waals surface area contributed by atoms with Crippen LogP contribution in [0.15, 0.2) is 209 Å². The molecule has 3 aromatic heterocycles. The molecule has 12 aromatic rings. The maximum absolute atomic E-state index is 6.43. The van der Waals surface area contributed by atoms with Gasteiger partial charge in [-0.25, -0.2) is 0 Å². The normalized spacial score (nSPS) is 11.8. The van der Waals surface area contributed by atoms with Crippen LogP contribution in [0.4, 0.5) is 17.1 Å². The third-order valence-corrected chi connectivity index (χ3v) is 12.7. The zero-order valence-corrected chi connectivity index (χ0v) is 32.0. The van der Waals surface area contributed by atoms with Crippen LogP contribution in [0.25, 0.3) is 97.4 Å². The number of thiophene rings is 1. The lowest BCUT2D eigenvalue weighted by atomic mass is 10.00. The summed E-state index contributed by atoms with van der Waals surface area (Å²) in [4.78, 5) is 2.35. The fraction of sp³-hybridized carbons (Fsp3) is 0. The van der Waals surface area contributed by atoms with Gasteiger partial charge in [-0.1, -0.05) is 133 Å². The molecule has 0 fully saturated rings. The van der Waals surface area contributed by atoms with Crippen molar-refractivity contribution in [3.05, 3.63) is 200 Å². The molecule has 0 aliphatic carbocycles. The Bertz CT molecular complexity index is 3360. The first kappa shape index (κ1) is 32.8. The number of rotatable bonds is 6. The van der Waals surface area contributed by atoms with E-state index >= 15 is 0 Å². The lowest BCUT2D eigenvalue weighted by molar-refractivity contribution is 0.669. The van der Waals surface area contributed by atoms with Gasteiger partial charge in [0.25, 0.3) is 0 Å². The molecule has 272 valence electrons. The van der Waals surface area contributed by atoms with E-state index in [0.29, 0.717) is 0 Å². The zero-order valence-electron chi connectivity index (χ0n) is 31.2. The van der Waals surface area contributed by atoms with Gasteiger partial charge < -0.3 is 13.7 Å². The quantitative estimate of drug-likeness (QED) is 0.169. The van der Waals surface area contributed by atoms with Crippen LogP contribution in [0.3, 0.4) is 0 Å². The van der Waals surface area contributed by atoms with Gasteiger partial charge in [0, 0.05) is 64.3 Å². The number of anilines is 3. The predicted molar refractivity (Wildman–Crippen MR) is 245 cm³/mol. The molecule has 0 N–H and O–H groups in total. The molecule has 9 aromatic carbocycles. The number of fused-ring (bicyclic) bond motifs is 9. The van der Waals surface area contributed by atoms with Gasteiger partial charge in [0.15, 0.2) is 0 Å². The standard InChI is InChI=1S/C54H33NO2S/c1-5-20-50-43(12-1)46-17-8-15-41(53(46)57-50)34-22-27-38(28-23-34)55(39-29-24-35(25-30-39)42-16-9-18-47-45-14-3-6-21-52(45)58-54(42)47)40-11-7-10-36(32-40)37-26-31-51-48(33-37)44-13-2-4-19-49(44)56-51/h1-33H. The molecule has 0 amide bonds. The van der Waals surface area contributed by atoms with Crippen LogP contribution in [0.5, 0.6) is 0 Å². The molecule has 3 heterocycles. The molecule has 58 heavy (non-hydrogen) atoms. The van der Waals surface area contributed by atoms with Crippen LogP contribution in [0.2, 0.25) is 0 Å². The number of hydrogen-bond donors (Lipinski definition) is 0. The Balaban J connectivity index is 0.975. The lowest BCUT2D eigenvalue weighted by Gasteiger charge is -2.26. The topological polar surface area (TPSA) is 29.5 Å². The van der Waals surface area contributed by atoms with Crippen molar-refractivity contribution in [2.24, 2.45) is 0 Å². The highest BCUT2D eigenvalue weighted by Gasteiger charge is 2.18. The fourth-order valence-corrected chi connectivity index (χ4v) is 9.94. The Morgan fingerprint density at radius 1 is 0.328 bits per heavy atom. The lowest BCUT2D eigenvalue weighted by Crippen LogP contribution is -2.10. The summed E-state index contributed by atoms with van der Waals surface area (Å²) >= 11 is 1.87. The number of nitrogens with zero attached hydrogens (tertiary/aromatic N) is 1. The minimum atomic E-state index is 0.896. The van der Waals surface area contributed by atoms with E-state index in [9.17, 15) is 0 Å². The largest absolute Gasteiger partial charge is 0.456 e. The van der Waals surface area contributed by atoms with E-state index < -0.39 is 0 Å². The van der Waals surface area contributed by atoms with Crippen LogP contribution in [-0.2, 0) is 0 Å². The van der Waals surface area contributed by atoms with Crippen molar-refractivity contribution in [1.29, 1.82) is 0 Å². The molecule has 0 spiro atoms. The molecule has 0 bridgehead atoms. The Morgan fingerprint density at radius 3 is 1.66 bits per heavy atom. The molecule has 0 unspecified atom stereocenters. The summed E-state index contributed by atoms with van der Waals surface area (Å²) in [6, 6.07) is 71.5.